The monoisotopic (exact) mass is 356 g/mol. The van der Waals surface area contributed by atoms with Crippen molar-refractivity contribution >= 4 is 33.3 Å². The second-order valence-electron chi connectivity index (χ2n) is 7.66. The van der Waals surface area contributed by atoms with Gasteiger partial charge in [0.05, 0.1) is 15.9 Å². The Hall–Kier alpha value is -2.21. The van der Waals surface area contributed by atoms with Crippen LogP contribution in [0.3, 0.4) is 0 Å². The Morgan fingerprint density at radius 1 is 1.24 bits per heavy atom. The maximum absolute atomic E-state index is 12.1. The zero-order valence-corrected chi connectivity index (χ0v) is 16.4. The van der Waals surface area contributed by atoms with E-state index in [1.54, 1.807) is 16.0 Å². The Kier molecular flexibility index (Phi) is 4.41. The molecular weight excluding hydrogens is 332 g/mol. The molecule has 0 radical (unpaired) electrons. The molecule has 3 rings (SSSR count). The molecule has 3 aromatic rings. The second-order valence-corrected chi connectivity index (χ2v) is 8.66. The van der Waals surface area contributed by atoms with Crippen molar-refractivity contribution < 1.29 is 4.79 Å². The maximum atomic E-state index is 12.1. The van der Waals surface area contributed by atoms with E-state index in [1.807, 2.05) is 26.8 Å². The molecule has 0 fully saturated rings. The summed E-state index contributed by atoms with van der Waals surface area (Å²) in [5, 5.41) is 8.20. The molecule has 2 aromatic heterocycles. The summed E-state index contributed by atoms with van der Waals surface area (Å²) >= 11 is 1.58. The summed E-state index contributed by atoms with van der Waals surface area (Å²) in [6, 6.07) is 8.24. The van der Waals surface area contributed by atoms with Crippen molar-refractivity contribution in [1.29, 1.82) is 0 Å². The lowest BCUT2D eigenvalue weighted by Crippen LogP contribution is -2.19. The highest BCUT2D eigenvalue weighted by molar-refractivity contribution is 7.20. The Morgan fingerprint density at radius 3 is 2.60 bits per heavy atom. The van der Waals surface area contributed by atoms with Gasteiger partial charge in [0.15, 0.2) is 0 Å². The molecule has 0 aliphatic heterocycles. The highest BCUT2D eigenvalue weighted by Gasteiger charge is 2.18. The summed E-state index contributed by atoms with van der Waals surface area (Å²) in [6.07, 6.45) is 0. The minimum atomic E-state index is -0.0895. The number of aryl methyl sites for hydroxylation is 1. The molecule has 6 heteroatoms. The van der Waals surface area contributed by atoms with Crippen LogP contribution in [-0.4, -0.2) is 20.7 Å². The van der Waals surface area contributed by atoms with E-state index in [-0.39, 0.29) is 17.2 Å². The van der Waals surface area contributed by atoms with Crippen LogP contribution < -0.4 is 5.32 Å². The average Bonchev–Trinajstić information content (AvgIpc) is 3.08. The van der Waals surface area contributed by atoms with Crippen LogP contribution >= 0.6 is 11.3 Å². The molecule has 0 spiro atoms. The van der Waals surface area contributed by atoms with Gasteiger partial charge in [-0.05, 0) is 30.0 Å². The van der Waals surface area contributed by atoms with Crippen molar-refractivity contribution in [3.63, 3.8) is 0 Å². The van der Waals surface area contributed by atoms with Gasteiger partial charge in [0.1, 0.15) is 5.82 Å². The number of fused-ring (bicyclic) bond motifs is 1. The number of carbonyl (C=O) groups excluding carboxylic acids is 1. The van der Waals surface area contributed by atoms with Crippen LogP contribution in [0.4, 0.5) is 5.82 Å². The molecule has 0 atom stereocenters. The van der Waals surface area contributed by atoms with Crippen LogP contribution in [0.25, 0.3) is 15.3 Å². The highest BCUT2D eigenvalue weighted by Crippen LogP contribution is 2.31. The highest BCUT2D eigenvalue weighted by atomic mass is 32.1. The number of aromatic nitrogens is 3. The van der Waals surface area contributed by atoms with Gasteiger partial charge in [-0.1, -0.05) is 52.0 Å². The van der Waals surface area contributed by atoms with Gasteiger partial charge >= 0.3 is 0 Å². The van der Waals surface area contributed by atoms with Crippen LogP contribution in [-0.2, 0) is 10.2 Å². The molecule has 2 heterocycles. The number of hydrogen-bond acceptors (Lipinski definition) is 4. The predicted molar refractivity (Wildman–Crippen MR) is 104 cm³/mol. The minimum absolute atomic E-state index is 0.0303. The van der Waals surface area contributed by atoms with Crippen LogP contribution in [0.5, 0.6) is 0 Å². The van der Waals surface area contributed by atoms with Gasteiger partial charge in [-0.3, -0.25) is 4.79 Å². The Labute approximate surface area is 152 Å². The Morgan fingerprint density at radius 2 is 1.96 bits per heavy atom. The molecule has 25 heavy (non-hydrogen) atoms. The molecule has 1 aromatic carbocycles. The van der Waals surface area contributed by atoms with Crippen molar-refractivity contribution in [2.75, 3.05) is 5.32 Å². The molecule has 0 aliphatic carbocycles. The molecule has 1 N–H and O–H groups in total. The fraction of sp³-hybridized carbons (Fsp3) is 0.421. The first-order valence-corrected chi connectivity index (χ1v) is 9.26. The number of rotatable bonds is 3. The van der Waals surface area contributed by atoms with E-state index in [1.165, 1.54) is 5.56 Å². The van der Waals surface area contributed by atoms with Crippen molar-refractivity contribution in [2.45, 2.75) is 47.0 Å². The van der Waals surface area contributed by atoms with Crippen molar-refractivity contribution in [1.82, 2.24) is 14.8 Å². The number of hydrogen-bond donors (Lipinski definition) is 1. The van der Waals surface area contributed by atoms with E-state index >= 15 is 0 Å². The number of nitrogens with one attached hydrogen (secondary N) is 1. The molecule has 0 saturated heterocycles. The van der Waals surface area contributed by atoms with Gasteiger partial charge in [-0.2, -0.15) is 9.78 Å². The molecule has 0 bridgehead atoms. The molecule has 132 valence electrons. The van der Waals surface area contributed by atoms with E-state index in [2.05, 4.69) is 49.4 Å². The van der Waals surface area contributed by atoms with E-state index in [4.69, 9.17) is 4.98 Å². The molecule has 5 nitrogen and oxygen atoms in total. The fourth-order valence-corrected chi connectivity index (χ4v) is 3.44. The summed E-state index contributed by atoms with van der Waals surface area (Å²) in [5.41, 5.74) is 3.16. The lowest BCUT2D eigenvalue weighted by molar-refractivity contribution is -0.118. The van der Waals surface area contributed by atoms with Gasteiger partial charge < -0.3 is 5.32 Å². The second kappa shape index (κ2) is 6.26. The zero-order chi connectivity index (χ0) is 18.4. The van der Waals surface area contributed by atoms with Gasteiger partial charge in [-0.15, -0.1) is 0 Å². The summed E-state index contributed by atoms with van der Waals surface area (Å²) in [6.45, 7) is 12.3. The van der Waals surface area contributed by atoms with Crippen molar-refractivity contribution in [3.05, 3.63) is 35.5 Å². The molecular formula is C19H24N4OS. The first-order valence-electron chi connectivity index (χ1n) is 8.44. The average molecular weight is 356 g/mol. The fourth-order valence-electron chi connectivity index (χ4n) is 2.47. The predicted octanol–water partition coefficient (Wildman–Crippen LogP) is 4.68. The number of anilines is 1. The van der Waals surface area contributed by atoms with E-state index in [0.717, 1.165) is 21.0 Å². The number of nitrogens with zero attached hydrogens (tertiary/aromatic N) is 3. The van der Waals surface area contributed by atoms with Gasteiger partial charge in [0.25, 0.3) is 0 Å². The zero-order valence-electron chi connectivity index (χ0n) is 15.5. The summed E-state index contributed by atoms with van der Waals surface area (Å²) in [5.74, 6) is 0.539. The molecule has 0 saturated carbocycles. The third kappa shape index (κ3) is 3.58. The topological polar surface area (TPSA) is 59.8 Å². The quantitative estimate of drug-likeness (QED) is 0.741. The van der Waals surface area contributed by atoms with Crippen molar-refractivity contribution in [2.24, 2.45) is 5.92 Å². The van der Waals surface area contributed by atoms with Crippen LogP contribution in [0.15, 0.2) is 24.3 Å². The lowest BCUT2D eigenvalue weighted by atomic mass is 9.87. The summed E-state index contributed by atoms with van der Waals surface area (Å²) < 4.78 is 2.84. The van der Waals surface area contributed by atoms with Gasteiger partial charge in [0, 0.05) is 12.0 Å². The van der Waals surface area contributed by atoms with Gasteiger partial charge in [0.2, 0.25) is 11.0 Å². The van der Waals surface area contributed by atoms with Crippen LogP contribution in [0.2, 0.25) is 0 Å². The first kappa shape index (κ1) is 17.6. The molecule has 0 unspecified atom stereocenters. The molecule has 0 aliphatic rings. The summed E-state index contributed by atoms with van der Waals surface area (Å²) in [4.78, 5) is 16.8. The smallest absolute Gasteiger partial charge is 0.228 e. The normalized spacial score (nSPS) is 12.1. The van der Waals surface area contributed by atoms with Crippen LogP contribution in [0.1, 0.15) is 45.9 Å². The standard InChI is InChI=1S/C19H24N4OS/c1-11(2)17(24)21-16-9-12(3)22-23(16)18-20-14-8-7-13(19(4,5)6)10-15(14)25-18/h7-11H,1-6H3,(H,21,24). The van der Waals surface area contributed by atoms with E-state index in [9.17, 15) is 4.79 Å². The number of amides is 1. The van der Waals surface area contributed by atoms with Gasteiger partial charge in [-0.25, -0.2) is 4.98 Å². The first-order chi connectivity index (χ1) is 11.6. The minimum Gasteiger partial charge on any atom is -0.310 e. The number of benzene rings is 1. The largest absolute Gasteiger partial charge is 0.310 e. The van der Waals surface area contributed by atoms with E-state index in [0.29, 0.717) is 5.82 Å². The molecule has 1 amide bonds. The Bertz CT molecular complexity index is 931. The number of carbonyl (C=O) groups is 1. The Balaban J connectivity index is 2.03. The SMILES string of the molecule is Cc1cc(NC(=O)C(C)C)n(-c2nc3ccc(C(C)(C)C)cc3s2)n1. The van der Waals surface area contributed by atoms with E-state index < -0.39 is 0 Å². The third-order valence-electron chi connectivity index (χ3n) is 4.03. The van der Waals surface area contributed by atoms with Crippen molar-refractivity contribution in [3.8, 4) is 5.13 Å². The maximum Gasteiger partial charge on any atom is 0.228 e. The lowest BCUT2D eigenvalue weighted by Gasteiger charge is -2.18. The number of thiazole rings is 1. The van der Waals surface area contributed by atoms with Crippen LogP contribution in [0, 0.1) is 12.8 Å². The third-order valence-corrected chi connectivity index (χ3v) is 5.03. The summed E-state index contributed by atoms with van der Waals surface area (Å²) in [7, 11) is 0.